The lowest BCUT2D eigenvalue weighted by atomic mass is 9.99. The lowest BCUT2D eigenvalue weighted by Crippen LogP contribution is -2.52. The molecule has 5 heterocycles. The van der Waals surface area contributed by atoms with Crippen molar-refractivity contribution < 1.29 is 28.8 Å². The third-order valence-electron chi connectivity index (χ3n) is 9.71. The molecule has 5 amide bonds. The Morgan fingerprint density at radius 2 is 1.77 bits per heavy atom. The molecule has 1 saturated heterocycles. The molecule has 3 aliphatic heterocycles. The van der Waals surface area contributed by atoms with Gasteiger partial charge >= 0.3 is 0 Å². The molecule has 3 aliphatic rings. The molecule has 7 rings (SSSR count). The number of nitrogens with one attached hydrogen (secondary N) is 3. The molecular formula is C37H35ClN8O6S. The molecule has 1 unspecified atom stereocenters. The minimum Gasteiger partial charge on any atom is -0.349 e. The zero-order valence-electron chi connectivity index (χ0n) is 29.1. The van der Waals surface area contributed by atoms with Gasteiger partial charge in [-0.2, -0.15) is 0 Å². The Hall–Kier alpha value is -5.54. The molecule has 2 aromatic heterocycles. The normalized spacial score (nSPS) is 17.7. The maximum atomic E-state index is 13.3. The summed E-state index contributed by atoms with van der Waals surface area (Å²) in [5, 5.41) is 18.0. The Bertz CT molecular complexity index is 2240. The Labute approximate surface area is 313 Å². The Morgan fingerprint density at radius 1 is 1.00 bits per heavy atom. The average molecular weight is 755 g/mol. The molecule has 4 aromatic rings. The largest absolute Gasteiger partial charge is 0.349 e. The van der Waals surface area contributed by atoms with Crippen LogP contribution in [-0.4, -0.2) is 73.3 Å². The third kappa shape index (κ3) is 7.01. The van der Waals surface area contributed by atoms with Crippen LogP contribution in [0.5, 0.6) is 0 Å². The number of Topliss-reactive ketones (excluding diaryl/α,β-unsaturated/α-hetero) is 1. The zero-order valence-corrected chi connectivity index (χ0v) is 30.7. The van der Waals surface area contributed by atoms with Crippen LogP contribution < -0.4 is 16.0 Å². The zero-order chi connectivity index (χ0) is 37.6. The Morgan fingerprint density at radius 3 is 2.53 bits per heavy atom. The van der Waals surface area contributed by atoms with Gasteiger partial charge in [-0.05, 0) is 57.0 Å². The highest BCUT2D eigenvalue weighted by atomic mass is 35.5. The SMILES string of the molecule is Cc1sc2c(c1C)C(c1ccc(Cl)cc1)=N[C@@H](CC(=O)NCC(=O)CCC(=O)Nc1cccc3c1CN(C1CCC(=O)NC1=O)C3=O)c1nnc(C)n1-2. The van der Waals surface area contributed by atoms with Gasteiger partial charge in [-0.25, -0.2) is 0 Å². The second kappa shape index (κ2) is 14.5. The van der Waals surface area contributed by atoms with Gasteiger partial charge in [-0.15, -0.1) is 21.5 Å². The molecule has 2 aromatic carbocycles. The smallest absolute Gasteiger partial charge is 0.255 e. The number of amides is 5. The van der Waals surface area contributed by atoms with Gasteiger partial charge in [0, 0.05) is 63.6 Å². The first-order valence-electron chi connectivity index (χ1n) is 17.1. The number of carbonyl (C=O) groups excluding carboxylic acids is 6. The lowest BCUT2D eigenvalue weighted by molar-refractivity contribution is -0.137. The molecular weight excluding hydrogens is 720 g/mol. The number of hydrogen-bond acceptors (Lipinski definition) is 10. The molecule has 0 bridgehead atoms. The summed E-state index contributed by atoms with van der Waals surface area (Å²) in [6.07, 6.45) is -0.0168. The highest BCUT2D eigenvalue weighted by molar-refractivity contribution is 7.15. The van der Waals surface area contributed by atoms with Gasteiger partial charge in [0.25, 0.3) is 5.91 Å². The van der Waals surface area contributed by atoms with Gasteiger partial charge < -0.3 is 15.5 Å². The number of hydrogen-bond donors (Lipinski definition) is 3. The number of anilines is 1. The molecule has 16 heteroatoms. The second-order valence-electron chi connectivity index (χ2n) is 13.2. The number of ketones is 1. The van der Waals surface area contributed by atoms with Crippen molar-refractivity contribution in [3.63, 3.8) is 0 Å². The predicted octanol–water partition coefficient (Wildman–Crippen LogP) is 4.05. The van der Waals surface area contributed by atoms with Crippen molar-refractivity contribution in [1.29, 1.82) is 0 Å². The molecule has 2 atom stereocenters. The maximum Gasteiger partial charge on any atom is 0.255 e. The second-order valence-corrected chi connectivity index (χ2v) is 14.8. The minimum atomic E-state index is -0.784. The number of halogens is 1. The van der Waals surface area contributed by atoms with Crippen molar-refractivity contribution in [1.82, 2.24) is 30.3 Å². The summed E-state index contributed by atoms with van der Waals surface area (Å²) in [6, 6.07) is 10.8. The van der Waals surface area contributed by atoms with E-state index in [2.05, 4.69) is 26.1 Å². The van der Waals surface area contributed by atoms with E-state index in [1.165, 1.54) is 4.90 Å². The number of nitrogens with zero attached hydrogens (tertiary/aromatic N) is 5. The van der Waals surface area contributed by atoms with Crippen molar-refractivity contribution in [2.24, 2.45) is 4.99 Å². The molecule has 0 aliphatic carbocycles. The minimum absolute atomic E-state index is 0.0936. The molecule has 53 heavy (non-hydrogen) atoms. The van der Waals surface area contributed by atoms with Crippen LogP contribution >= 0.6 is 22.9 Å². The van der Waals surface area contributed by atoms with E-state index in [9.17, 15) is 28.8 Å². The molecule has 3 N–H and O–H groups in total. The van der Waals surface area contributed by atoms with Crippen molar-refractivity contribution in [2.45, 2.75) is 71.5 Å². The quantitative estimate of drug-likeness (QED) is 0.203. The fourth-order valence-electron chi connectivity index (χ4n) is 6.83. The predicted molar refractivity (Wildman–Crippen MR) is 196 cm³/mol. The number of benzene rings is 2. The first-order chi connectivity index (χ1) is 25.4. The van der Waals surface area contributed by atoms with Crippen LogP contribution in [0.3, 0.4) is 0 Å². The van der Waals surface area contributed by atoms with Gasteiger partial charge in [-0.1, -0.05) is 29.8 Å². The van der Waals surface area contributed by atoms with Crippen LogP contribution in [-0.2, 0) is 30.5 Å². The van der Waals surface area contributed by atoms with Gasteiger partial charge in [0.15, 0.2) is 11.6 Å². The van der Waals surface area contributed by atoms with Crippen molar-refractivity contribution in [2.75, 3.05) is 11.9 Å². The summed E-state index contributed by atoms with van der Waals surface area (Å²) in [5.41, 5.74) is 4.87. The molecule has 0 spiro atoms. The number of aliphatic imine (C=N–C) groups is 1. The number of aromatic nitrogens is 3. The number of rotatable bonds is 10. The maximum absolute atomic E-state index is 13.3. The molecule has 0 saturated carbocycles. The van der Waals surface area contributed by atoms with Crippen LogP contribution in [0.1, 0.15) is 87.3 Å². The molecule has 272 valence electrons. The highest BCUT2D eigenvalue weighted by Crippen LogP contribution is 2.40. The van der Waals surface area contributed by atoms with Crippen LogP contribution in [0.15, 0.2) is 47.5 Å². The summed E-state index contributed by atoms with van der Waals surface area (Å²) in [4.78, 5) is 83.8. The number of piperidine rings is 1. The van der Waals surface area contributed by atoms with Gasteiger partial charge in [-0.3, -0.25) is 43.6 Å². The van der Waals surface area contributed by atoms with Crippen molar-refractivity contribution >= 4 is 69.7 Å². The highest BCUT2D eigenvalue weighted by Gasteiger charge is 2.40. The van der Waals surface area contributed by atoms with Crippen LogP contribution in [0.25, 0.3) is 5.00 Å². The van der Waals surface area contributed by atoms with Crippen molar-refractivity contribution in [3.05, 3.63) is 91.8 Å². The van der Waals surface area contributed by atoms with E-state index in [1.807, 2.05) is 37.5 Å². The first kappa shape index (κ1) is 35.8. The standard InChI is InChI=1S/C37H35ClN8O6S/c1-18-19(2)53-37-32(18)33(21-7-9-22(38)10-8-21)41-27(34-44-43-20(3)46(34)37)15-31(50)39-16-23(47)11-13-29(48)40-26-6-4-5-24-25(26)17-45(36(24)52)28-12-14-30(49)42-35(28)51/h4-10,27-28H,11-17H2,1-3H3,(H,39,50)(H,40,48)(H,42,49,51)/t27-,28?/m0/s1. The van der Waals surface area contributed by atoms with Crippen molar-refractivity contribution in [3.8, 4) is 5.00 Å². The fraction of sp³-hybridized carbons (Fsp3) is 0.324. The number of fused-ring (bicyclic) bond motifs is 4. The average Bonchev–Trinajstić information content (AvgIpc) is 3.74. The monoisotopic (exact) mass is 754 g/mol. The summed E-state index contributed by atoms with van der Waals surface area (Å²) < 4.78 is 1.94. The van der Waals surface area contributed by atoms with Crippen LogP contribution in [0.4, 0.5) is 5.69 Å². The fourth-order valence-corrected chi connectivity index (χ4v) is 8.17. The van der Waals surface area contributed by atoms with Crippen LogP contribution in [0, 0.1) is 20.8 Å². The number of imide groups is 1. The lowest BCUT2D eigenvalue weighted by Gasteiger charge is -2.29. The van der Waals surface area contributed by atoms with E-state index in [0.29, 0.717) is 39.2 Å². The summed E-state index contributed by atoms with van der Waals surface area (Å²) in [7, 11) is 0. The number of aryl methyl sites for hydroxylation is 2. The topological polar surface area (TPSA) is 185 Å². The molecule has 14 nitrogen and oxygen atoms in total. The van der Waals surface area contributed by atoms with E-state index in [-0.39, 0.29) is 62.8 Å². The van der Waals surface area contributed by atoms with Crippen LogP contribution in [0.2, 0.25) is 5.02 Å². The van der Waals surface area contributed by atoms with E-state index in [4.69, 9.17) is 16.6 Å². The van der Waals surface area contributed by atoms with Gasteiger partial charge in [0.2, 0.25) is 23.6 Å². The van der Waals surface area contributed by atoms with Gasteiger partial charge in [0.1, 0.15) is 22.9 Å². The summed E-state index contributed by atoms with van der Waals surface area (Å²) in [5.74, 6) is -1.29. The van der Waals surface area contributed by atoms with E-state index >= 15 is 0 Å². The Kier molecular flexibility index (Phi) is 9.79. The van der Waals surface area contributed by atoms with E-state index in [1.54, 1.807) is 41.7 Å². The summed E-state index contributed by atoms with van der Waals surface area (Å²) in [6.45, 7) is 5.76. The number of carbonyl (C=O) groups is 6. The first-order valence-corrected chi connectivity index (χ1v) is 18.3. The van der Waals surface area contributed by atoms with E-state index in [0.717, 1.165) is 26.6 Å². The molecule has 0 radical (unpaired) electrons. The van der Waals surface area contributed by atoms with Gasteiger partial charge in [0.05, 0.1) is 18.7 Å². The Balaban J connectivity index is 0.977. The molecule has 1 fully saturated rings. The summed E-state index contributed by atoms with van der Waals surface area (Å²) >= 11 is 7.80. The third-order valence-corrected chi connectivity index (χ3v) is 11.2. The number of thiophene rings is 1. The van der Waals surface area contributed by atoms with E-state index < -0.39 is 29.8 Å².